The van der Waals surface area contributed by atoms with Crippen LogP contribution in [0.3, 0.4) is 0 Å². The molecule has 0 radical (unpaired) electrons. The van der Waals surface area contributed by atoms with Gasteiger partial charge in [-0.15, -0.1) is 0 Å². The van der Waals surface area contributed by atoms with E-state index in [-0.39, 0.29) is 11.6 Å². The van der Waals surface area contributed by atoms with E-state index in [0.29, 0.717) is 23.4 Å². The van der Waals surface area contributed by atoms with E-state index in [2.05, 4.69) is 4.99 Å². The number of halogens is 1. The molecule has 0 aromatic heterocycles. The minimum atomic E-state index is -0.355. The van der Waals surface area contributed by atoms with Crippen LogP contribution in [0.2, 0.25) is 0 Å². The number of nitrogens with zero attached hydrogens (tertiary/aromatic N) is 1. The van der Waals surface area contributed by atoms with Gasteiger partial charge in [-0.05, 0) is 48.0 Å². The number of ketones is 1. The number of benzene rings is 2. The Morgan fingerprint density at radius 2 is 1.79 bits per heavy atom. The number of aliphatic imine (C=N–C) groups is 1. The van der Waals surface area contributed by atoms with Gasteiger partial charge < -0.3 is 5.73 Å². The van der Waals surface area contributed by atoms with Gasteiger partial charge in [-0.1, -0.05) is 0 Å². The van der Waals surface area contributed by atoms with Crippen molar-refractivity contribution in [3.8, 4) is 0 Å². The minimum absolute atomic E-state index is 0.131. The Hall–Kier alpha value is -2.49. The van der Waals surface area contributed by atoms with Crippen LogP contribution in [0.4, 0.5) is 10.1 Å². The van der Waals surface area contributed by atoms with Gasteiger partial charge in [0.1, 0.15) is 11.7 Å². The molecule has 0 bridgehead atoms. The first-order chi connectivity index (χ1) is 9.13. The summed E-state index contributed by atoms with van der Waals surface area (Å²) in [5.74, 6) is 0.0707. The van der Waals surface area contributed by atoms with E-state index in [1.54, 1.807) is 18.2 Å². The maximum Gasteiger partial charge on any atom is 0.193 e. The topological polar surface area (TPSA) is 55.4 Å². The predicted molar refractivity (Wildman–Crippen MR) is 71.3 cm³/mol. The highest BCUT2D eigenvalue weighted by Gasteiger charge is 2.16. The Balaban J connectivity index is 1.94. The number of hydrogen-bond acceptors (Lipinski definition) is 3. The summed E-state index contributed by atoms with van der Waals surface area (Å²) in [6.07, 6.45) is 0.569. The molecule has 1 aliphatic rings. The van der Waals surface area contributed by atoms with Crippen molar-refractivity contribution in [2.24, 2.45) is 10.7 Å². The Kier molecular flexibility index (Phi) is 2.63. The number of hydrogen-bond donors (Lipinski definition) is 1. The summed E-state index contributed by atoms with van der Waals surface area (Å²) in [6.45, 7) is 0. The Morgan fingerprint density at radius 3 is 2.53 bits per heavy atom. The third kappa shape index (κ3) is 2.12. The van der Waals surface area contributed by atoms with E-state index in [1.165, 1.54) is 24.3 Å². The molecule has 1 aliphatic heterocycles. The molecule has 19 heavy (non-hydrogen) atoms. The number of fused-ring (bicyclic) bond motifs is 1. The Morgan fingerprint density at radius 1 is 1.11 bits per heavy atom. The van der Waals surface area contributed by atoms with Gasteiger partial charge in [0.05, 0.1) is 5.69 Å². The first kappa shape index (κ1) is 11.6. The monoisotopic (exact) mass is 254 g/mol. The lowest BCUT2D eigenvalue weighted by Gasteiger charge is -2.03. The lowest BCUT2D eigenvalue weighted by Crippen LogP contribution is -2.10. The molecule has 0 spiro atoms. The summed E-state index contributed by atoms with van der Waals surface area (Å²) in [6, 6.07) is 10.8. The van der Waals surface area contributed by atoms with Crippen LogP contribution in [0.5, 0.6) is 0 Å². The average Bonchev–Trinajstić information content (AvgIpc) is 2.77. The molecule has 4 heteroatoms. The van der Waals surface area contributed by atoms with Gasteiger partial charge >= 0.3 is 0 Å². The fourth-order valence-corrected chi connectivity index (χ4v) is 2.13. The van der Waals surface area contributed by atoms with Crippen molar-refractivity contribution in [3.05, 3.63) is 65.0 Å². The first-order valence-corrected chi connectivity index (χ1v) is 5.90. The molecular formula is C15H11FN2O. The molecule has 0 saturated carbocycles. The molecule has 0 atom stereocenters. The maximum atomic E-state index is 12.8. The summed E-state index contributed by atoms with van der Waals surface area (Å²) < 4.78 is 12.8. The number of carbonyl (C=O) groups excluding carboxylic acids is 1. The van der Waals surface area contributed by atoms with Crippen molar-refractivity contribution in [2.45, 2.75) is 6.42 Å². The molecule has 94 valence electrons. The van der Waals surface area contributed by atoms with Crippen molar-refractivity contribution in [1.29, 1.82) is 0 Å². The van der Waals surface area contributed by atoms with Gasteiger partial charge in [0.15, 0.2) is 5.78 Å². The maximum absolute atomic E-state index is 12.8. The second-order valence-corrected chi connectivity index (χ2v) is 4.46. The molecule has 0 amide bonds. The molecule has 1 heterocycles. The number of carbonyl (C=O) groups is 1. The summed E-state index contributed by atoms with van der Waals surface area (Å²) in [7, 11) is 0. The number of nitrogens with two attached hydrogens (primary N) is 1. The molecule has 3 rings (SSSR count). The molecule has 2 N–H and O–H groups in total. The van der Waals surface area contributed by atoms with Crippen LogP contribution < -0.4 is 5.73 Å². The van der Waals surface area contributed by atoms with E-state index in [4.69, 9.17) is 5.73 Å². The van der Waals surface area contributed by atoms with Crippen molar-refractivity contribution >= 4 is 17.3 Å². The summed E-state index contributed by atoms with van der Waals surface area (Å²) in [5, 5.41) is 0. The molecule has 0 saturated heterocycles. The zero-order valence-corrected chi connectivity index (χ0v) is 10.1. The largest absolute Gasteiger partial charge is 0.387 e. The summed E-state index contributed by atoms with van der Waals surface area (Å²) in [4.78, 5) is 16.4. The molecule has 0 fully saturated rings. The zero-order valence-electron chi connectivity index (χ0n) is 10.1. The molecule has 3 nitrogen and oxygen atoms in total. The summed E-state index contributed by atoms with van der Waals surface area (Å²) >= 11 is 0. The van der Waals surface area contributed by atoms with E-state index in [9.17, 15) is 9.18 Å². The van der Waals surface area contributed by atoms with E-state index in [0.717, 1.165) is 11.3 Å². The highest BCUT2D eigenvalue weighted by Crippen LogP contribution is 2.27. The van der Waals surface area contributed by atoms with Crippen LogP contribution in [-0.2, 0) is 6.42 Å². The highest BCUT2D eigenvalue weighted by atomic mass is 19.1. The standard InChI is InChI=1S/C15H11FN2O/c16-12-4-1-9(2-5-12)15(19)10-3-6-13-11(7-10)8-14(17)18-13/h1-7H,8H2,(H2,17,18). The quantitative estimate of drug-likeness (QED) is 0.837. The molecule has 2 aromatic carbocycles. The molecule has 0 aliphatic carbocycles. The van der Waals surface area contributed by atoms with Crippen LogP contribution in [0.15, 0.2) is 47.5 Å². The van der Waals surface area contributed by atoms with Gasteiger partial charge in [-0.3, -0.25) is 4.79 Å². The highest BCUT2D eigenvalue weighted by molar-refractivity contribution is 6.09. The fourth-order valence-electron chi connectivity index (χ4n) is 2.13. The van der Waals surface area contributed by atoms with Gasteiger partial charge in [-0.25, -0.2) is 9.38 Å². The third-order valence-corrected chi connectivity index (χ3v) is 3.08. The normalized spacial score (nSPS) is 13.0. The molecule has 2 aromatic rings. The van der Waals surface area contributed by atoms with Crippen molar-refractivity contribution in [1.82, 2.24) is 0 Å². The smallest absolute Gasteiger partial charge is 0.193 e. The van der Waals surface area contributed by atoms with Crippen molar-refractivity contribution in [3.63, 3.8) is 0 Å². The van der Waals surface area contributed by atoms with Gasteiger partial charge in [0.2, 0.25) is 0 Å². The minimum Gasteiger partial charge on any atom is -0.387 e. The van der Waals surface area contributed by atoms with E-state index in [1.807, 2.05) is 0 Å². The van der Waals surface area contributed by atoms with Gasteiger partial charge in [-0.2, -0.15) is 0 Å². The second-order valence-electron chi connectivity index (χ2n) is 4.46. The van der Waals surface area contributed by atoms with Crippen LogP contribution in [0.1, 0.15) is 21.5 Å². The second kappa shape index (κ2) is 4.31. The lowest BCUT2D eigenvalue weighted by molar-refractivity contribution is 0.103. The lowest BCUT2D eigenvalue weighted by atomic mass is 10.00. The Labute approximate surface area is 109 Å². The zero-order chi connectivity index (χ0) is 13.4. The predicted octanol–water partition coefficient (Wildman–Crippen LogP) is 2.60. The van der Waals surface area contributed by atoms with Crippen molar-refractivity contribution in [2.75, 3.05) is 0 Å². The molecular weight excluding hydrogens is 243 g/mol. The number of amidine groups is 1. The average molecular weight is 254 g/mol. The first-order valence-electron chi connectivity index (χ1n) is 5.90. The SMILES string of the molecule is NC1=Nc2ccc(C(=O)c3ccc(F)cc3)cc2C1. The third-order valence-electron chi connectivity index (χ3n) is 3.08. The van der Waals surface area contributed by atoms with Crippen molar-refractivity contribution < 1.29 is 9.18 Å². The van der Waals surface area contributed by atoms with Gasteiger partial charge in [0, 0.05) is 17.5 Å². The number of rotatable bonds is 2. The summed E-state index contributed by atoms with van der Waals surface area (Å²) in [5.41, 5.74) is 8.46. The molecule has 0 unspecified atom stereocenters. The fraction of sp³-hybridized carbons (Fsp3) is 0.0667. The van der Waals surface area contributed by atoms with Crippen LogP contribution in [0, 0.1) is 5.82 Å². The van der Waals surface area contributed by atoms with Gasteiger partial charge in [0.25, 0.3) is 0 Å². The van der Waals surface area contributed by atoms with Crippen LogP contribution >= 0.6 is 0 Å². The van der Waals surface area contributed by atoms with Crippen LogP contribution in [-0.4, -0.2) is 11.6 Å². The van der Waals surface area contributed by atoms with E-state index < -0.39 is 0 Å². The van der Waals surface area contributed by atoms with Crippen LogP contribution in [0.25, 0.3) is 0 Å². The van der Waals surface area contributed by atoms with E-state index >= 15 is 0 Å². The Bertz CT molecular complexity index is 690.